The van der Waals surface area contributed by atoms with Crippen molar-refractivity contribution in [2.24, 2.45) is 0 Å². The monoisotopic (exact) mass is 333 g/mol. The van der Waals surface area contributed by atoms with Crippen molar-refractivity contribution in [3.63, 3.8) is 0 Å². The highest BCUT2D eigenvalue weighted by atomic mass is 32.7. The zero-order valence-corrected chi connectivity index (χ0v) is 13.0. The van der Waals surface area contributed by atoms with E-state index >= 15 is 0 Å². The molecule has 1 rings (SSSR count). The van der Waals surface area contributed by atoms with Crippen LogP contribution in [0.1, 0.15) is 12.8 Å². The zero-order chi connectivity index (χ0) is 16.0. The molecule has 2 atom stereocenters. The molecule has 0 aliphatic heterocycles. The van der Waals surface area contributed by atoms with E-state index in [1.54, 1.807) is 18.2 Å². The Balaban J connectivity index is 3.09. The molecule has 9 heteroatoms. The lowest BCUT2D eigenvalue weighted by molar-refractivity contribution is -0.142. The number of hydrogen-bond donors (Lipinski definition) is 3. The SMILES string of the molecule is CN([C@@H](CCC(=O)O)C(=O)O)P(=O)(SO)c1ccccc1. The van der Waals surface area contributed by atoms with Gasteiger partial charge in [0.05, 0.1) is 11.7 Å². The van der Waals surface area contributed by atoms with Crippen molar-refractivity contribution in [2.45, 2.75) is 18.9 Å². The first kappa shape index (κ1) is 17.7. The molecule has 1 aromatic rings. The summed E-state index contributed by atoms with van der Waals surface area (Å²) in [6, 6.07) is 6.73. The molecule has 21 heavy (non-hydrogen) atoms. The second kappa shape index (κ2) is 7.61. The van der Waals surface area contributed by atoms with Crippen LogP contribution in [0.2, 0.25) is 0 Å². The van der Waals surface area contributed by atoms with E-state index in [4.69, 9.17) is 5.11 Å². The van der Waals surface area contributed by atoms with E-state index in [2.05, 4.69) is 0 Å². The van der Waals surface area contributed by atoms with Crippen LogP contribution >= 0.6 is 18.2 Å². The number of benzene rings is 1. The van der Waals surface area contributed by atoms with Crippen LogP contribution in [0.15, 0.2) is 30.3 Å². The highest BCUT2D eigenvalue weighted by molar-refractivity contribution is 8.56. The molecule has 116 valence electrons. The van der Waals surface area contributed by atoms with E-state index in [9.17, 15) is 23.8 Å². The van der Waals surface area contributed by atoms with Gasteiger partial charge in [-0.25, -0.2) is 4.67 Å². The number of nitrogens with zero attached hydrogens (tertiary/aromatic N) is 1. The Labute approximate surface area is 126 Å². The lowest BCUT2D eigenvalue weighted by atomic mass is 10.1. The second-order valence-corrected chi connectivity index (χ2v) is 8.62. The predicted octanol–water partition coefficient (Wildman–Crippen LogP) is 1.96. The maximum absolute atomic E-state index is 12.9. The van der Waals surface area contributed by atoms with Crippen molar-refractivity contribution in [1.29, 1.82) is 0 Å². The van der Waals surface area contributed by atoms with Crippen molar-refractivity contribution in [3.05, 3.63) is 30.3 Å². The first-order valence-corrected chi connectivity index (χ1v) is 9.03. The van der Waals surface area contributed by atoms with Gasteiger partial charge in [-0.3, -0.25) is 14.2 Å². The molecule has 1 aromatic carbocycles. The normalized spacial score (nSPS) is 15.4. The summed E-state index contributed by atoms with van der Waals surface area (Å²) in [5.41, 5.74) is 0. The molecule has 7 nitrogen and oxygen atoms in total. The fraction of sp³-hybridized carbons (Fsp3) is 0.333. The van der Waals surface area contributed by atoms with Gasteiger partial charge in [0.25, 0.3) is 6.49 Å². The lowest BCUT2D eigenvalue weighted by Crippen LogP contribution is -2.38. The smallest absolute Gasteiger partial charge is 0.321 e. The average Bonchev–Trinajstić information content (AvgIpc) is 2.46. The highest BCUT2D eigenvalue weighted by Crippen LogP contribution is 2.59. The van der Waals surface area contributed by atoms with Gasteiger partial charge in [-0.15, -0.1) is 0 Å². The molecule has 0 fully saturated rings. The Kier molecular flexibility index (Phi) is 6.42. The largest absolute Gasteiger partial charge is 0.481 e. The number of aliphatic carboxylic acids is 2. The molecule has 0 radical (unpaired) electrons. The highest BCUT2D eigenvalue weighted by Gasteiger charge is 2.38. The van der Waals surface area contributed by atoms with Crippen LogP contribution in [-0.2, 0) is 14.2 Å². The van der Waals surface area contributed by atoms with Gasteiger partial charge in [0.2, 0.25) is 0 Å². The molecule has 0 amide bonds. The van der Waals surface area contributed by atoms with Gasteiger partial charge in [-0.1, -0.05) is 18.2 Å². The van der Waals surface area contributed by atoms with E-state index < -0.39 is 24.5 Å². The van der Waals surface area contributed by atoms with Crippen LogP contribution in [-0.4, -0.2) is 44.5 Å². The molecule has 0 aliphatic rings. The van der Waals surface area contributed by atoms with E-state index in [-0.39, 0.29) is 24.5 Å². The Bertz CT molecular complexity index is 552. The molecular weight excluding hydrogens is 317 g/mol. The van der Waals surface area contributed by atoms with Gasteiger partial charge in [0.1, 0.15) is 6.04 Å². The summed E-state index contributed by atoms with van der Waals surface area (Å²) in [6.07, 6.45) is -0.579. The summed E-state index contributed by atoms with van der Waals surface area (Å²) in [6.45, 7) is -3.58. The quantitative estimate of drug-likeness (QED) is 0.488. The average molecular weight is 333 g/mol. The minimum atomic E-state index is -3.58. The van der Waals surface area contributed by atoms with Crippen LogP contribution in [0.3, 0.4) is 0 Å². The summed E-state index contributed by atoms with van der Waals surface area (Å²) in [5, 5.41) is 18.2. The predicted molar refractivity (Wildman–Crippen MR) is 80.0 cm³/mol. The zero-order valence-electron chi connectivity index (χ0n) is 11.2. The fourth-order valence-corrected chi connectivity index (χ4v) is 4.86. The van der Waals surface area contributed by atoms with Crippen LogP contribution in [0.25, 0.3) is 0 Å². The molecule has 0 spiro atoms. The molecule has 3 N–H and O–H groups in total. The Morgan fingerprint density at radius 3 is 2.29 bits per heavy atom. The minimum absolute atomic E-state index is 0.0841. The molecule has 0 saturated heterocycles. The minimum Gasteiger partial charge on any atom is -0.481 e. The topological polar surface area (TPSA) is 115 Å². The molecule has 0 aromatic heterocycles. The van der Waals surface area contributed by atoms with Gasteiger partial charge < -0.3 is 14.8 Å². The molecule has 0 aliphatic carbocycles. The molecule has 0 bridgehead atoms. The third kappa shape index (κ3) is 4.31. The Morgan fingerprint density at radius 1 is 1.29 bits per heavy atom. The first-order chi connectivity index (χ1) is 9.82. The van der Waals surface area contributed by atoms with Crippen molar-refractivity contribution in [2.75, 3.05) is 7.05 Å². The third-order valence-corrected chi connectivity index (χ3v) is 7.33. The van der Waals surface area contributed by atoms with Gasteiger partial charge in [0, 0.05) is 11.7 Å². The Hall–Kier alpha value is -1.34. The number of carboxylic acids is 2. The van der Waals surface area contributed by atoms with Crippen molar-refractivity contribution in [1.82, 2.24) is 4.67 Å². The Morgan fingerprint density at radius 2 is 1.86 bits per heavy atom. The first-order valence-electron chi connectivity index (χ1n) is 5.99. The summed E-state index contributed by atoms with van der Waals surface area (Å²) < 4.78 is 23.4. The molecule has 1 unspecified atom stereocenters. The maximum atomic E-state index is 12.9. The number of carbonyl (C=O) groups is 2. The van der Waals surface area contributed by atoms with Crippen molar-refractivity contribution >= 4 is 35.4 Å². The summed E-state index contributed by atoms with van der Waals surface area (Å²) >= 11 is 0.0841. The number of hydrogen-bond acceptors (Lipinski definition) is 5. The molecule has 0 saturated carbocycles. The van der Waals surface area contributed by atoms with E-state index in [0.29, 0.717) is 5.30 Å². The number of carboxylic acid groups (broad SMARTS) is 2. The standard InChI is InChI=1S/C12H16NO6PS/c1-13(10(12(16)17)7-8-11(14)15)20(18,21-19)9-5-3-2-4-6-9/h2-6,10,19H,7-8H2,1H3,(H,14,15)(H,16,17)/t10-,20?/m0/s1. The van der Waals surface area contributed by atoms with Gasteiger partial charge in [0.15, 0.2) is 0 Å². The van der Waals surface area contributed by atoms with Gasteiger partial charge in [-0.05, 0) is 25.6 Å². The summed E-state index contributed by atoms with van der Waals surface area (Å²) in [4.78, 5) is 21.9. The van der Waals surface area contributed by atoms with Gasteiger partial charge >= 0.3 is 11.9 Å². The van der Waals surface area contributed by atoms with Gasteiger partial charge in [-0.2, -0.15) is 0 Å². The summed E-state index contributed by atoms with van der Waals surface area (Å²) in [5.74, 6) is -2.43. The van der Waals surface area contributed by atoms with Crippen LogP contribution < -0.4 is 5.30 Å². The lowest BCUT2D eigenvalue weighted by Gasteiger charge is -2.30. The van der Waals surface area contributed by atoms with Crippen LogP contribution in [0.4, 0.5) is 0 Å². The van der Waals surface area contributed by atoms with Crippen molar-refractivity contribution < 1.29 is 28.9 Å². The van der Waals surface area contributed by atoms with E-state index in [1.807, 2.05) is 0 Å². The van der Waals surface area contributed by atoms with Crippen LogP contribution in [0.5, 0.6) is 0 Å². The maximum Gasteiger partial charge on any atom is 0.321 e. The third-order valence-electron chi connectivity index (χ3n) is 2.98. The molecule has 0 heterocycles. The van der Waals surface area contributed by atoms with E-state index in [1.165, 1.54) is 19.2 Å². The second-order valence-electron chi connectivity index (χ2n) is 4.30. The number of likely N-dealkylation sites (N-methyl/N-ethyl adjacent to an activating group) is 1. The fourth-order valence-electron chi connectivity index (χ4n) is 1.82. The van der Waals surface area contributed by atoms with Crippen LogP contribution in [0, 0.1) is 0 Å². The summed E-state index contributed by atoms with van der Waals surface area (Å²) in [7, 11) is 1.30. The number of rotatable bonds is 8. The molecular formula is C12H16NO6PS. The van der Waals surface area contributed by atoms with E-state index in [0.717, 1.165) is 4.67 Å². The van der Waals surface area contributed by atoms with Crippen molar-refractivity contribution in [3.8, 4) is 0 Å².